The molecule has 0 amide bonds. The predicted molar refractivity (Wildman–Crippen MR) is 51.5 cm³/mol. The predicted octanol–water partition coefficient (Wildman–Crippen LogP) is 2.32. The van der Waals surface area contributed by atoms with Crippen LogP contribution in [-0.2, 0) is 0 Å². The number of nitrogens with zero attached hydrogens (tertiary/aromatic N) is 1. The Morgan fingerprint density at radius 2 is 2.17 bits per heavy atom. The molecule has 2 nitrogen and oxygen atoms in total. The quantitative estimate of drug-likeness (QED) is 0.714. The zero-order valence-electron chi connectivity index (χ0n) is 7.56. The summed E-state index contributed by atoms with van der Waals surface area (Å²) < 4.78 is 0. The van der Waals surface area contributed by atoms with Crippen molar-refractivity contribution in [1.29, 1.82) is 0 Å². The lowest BCUT2D eigenvalue weighted by atomic mass is 10.1. The fourth-order valence-corrected chi connectivity index (χ4v) is 1.37. The molecule has 0 aromatic carbocycles. The first-order valence-corrected chi connectivity index (χ1v) is 4.33. The summed E-state index contributed by atoms with van der Waals surface area (Å²) in [5, 5.41) is 3.71. The minimum Gasteiger partial charge on any atom is -0.313 e. The molecule has 0 saturated heterocycles. The van der Waals surface area contributed by atoms with Crippen LogP contribution in [-0.4, -0.2) is 12.0 Å². The molecule has 1 aromatic rings. The Morgan fingerprint density at radius 1 is 1.50 bits per heavy atom. The summed E-state index contributed by atoms with van der Waals surface area (Å²) in [6, 6.07) is 4.23. The second-order valence-corrected chi connectivity index (χ2v) is 3.20. The lowest BCUT2D eigenvalue weighted by molar-refractivity contribution is 0.649. The van der Waals surface area contributed by atoms with E-state index in [1.54, 1.807) is 0 Å². The standard InChI is InChI=1S/C9H13ClN2/c1-6-4-5-8(7(2)11-3)9(10)12-6/h4-5,7,11H,1-3H3/t7-/m1/s1. The Bertz CT molecular complexity index is 273. The van der Waals surface area contributed by atoms with E-state index in [1.807, 2.05) is 26.1 Å². The van der Waals surface area contributed by atoms with E-state index < -0.39 is 0 Å². The molecule has 1 N–H and O–H groups in total. The molecule has 0 radical (unpaired) electrons. The Hall–Kier alpha value is -0.600. The van der Waals surface area contributed by atoms with Crippen LogP contribution in [0.1, 0.15) is 24.2 Å². The number of aromatic nitrogens is 1. The number of rotatable bonds is 2. The Morgan fingerprint density at radius 3 is 2.67 bits per heavy atom. The second kappa shape index (κ2) is 3.87. The Kier molecular flexibility index (Phi) is 3.06. The summed E-state index contributed by atoms with van der Waals surface area (Å²) in [5.41, 5.74) is 2.00. The molecule has 0 aliphatic rings. The first kappa shape index (κ1) is 9.49. The van der Waals surface area contributed by atoms with Gasteiger partial charge in [0.25, 0.3) is 0 Å². The van der Waals surface area contributed by atoms with Crippen molar-refractivity contribution >= 4 is 11.6 Å². The average molecular weight is 185 g/mol. The van der Waals surface area contributed by atoms with Crippen molar-refractivity contribution in [2.45, 2.75) is 19.9 Å². The summed E-state index contributed by atoms with van der Waals surface area (Å²) in [6.07, 6.45) is 0. The molecular formula is C9H13ClN2. The van der Waals surface area contributed by atoms with E-state index in [4.69, 9.17) is 11.6 Å². The average Bonchev–Trinajstić information content (AvgIpc) is 2.03. The molecule has 1 aromatic heterocycles. The van der Waals surface area contributed by atoms with E-state index in [-0.39, 0.29) is 6.04 Å². The smallest absolute Gasteiger partial charge is 0.134 e. The van der Waals surface area contributed by atoms with Crippen LogP contribution < -0.4 is 5.32 Å². The monoisotopic (exact) mass is 184 g/mol. The number of aryl methyl sites for hydroxylation is 1. The van der Waals surface area contributed by atoms with Gasteiger partial charge in [0.05, 0.1) is 0 Å². The van der Waals surface area contributed by atoms with Gasteiger partial charge in [-0.1, -0.05) is 17.7 Å². The largest absolute Gasteiger partial charge is 0.313 e. The van der Waals surface area contributed by atoms with Crippen molar-refractivity contribution in [3.8, 4) is 0 Å². The lowest BCUT2D eigenvalue weighted by Crippen LogP contribution is -2.13. The van der Waals surface area contributed by atoms with Gasteiger partial charge >= 0.3 is 0 Å². The normalized spacial score (nSPS) is 13.0. The van der Waals surface area contributed by atoms with Crippen LogP contribution in [0.5, 0.6) is 0 Å². The third kappa shape index (κ3) is 1.96. The zero-order chi connectivity index (χ0) is 9.14. The highest BCUT2D eigenvalue weighted by Crippen LogP contribution is 2.20. The second-order valence-electron chi connectivity index (χ2n) is 2.84. The van der Waals surface area contributed by atoms with E-state index in [1.165, 1.54) is 0 Å². The highest BCUT2D eigenvalue weighted by atomic mass is 35.5. The SMILES string of the molecule is CN[C@H](C)c1ccc(C)nc1Cl. The van der Waals surface area contributed by atoms with Crippen LogP contribution in [0.25, 0.3) is 0 Å². The fraction of sp³-hybridized carbons (Fsp3) is 0.444. The van der Waals surface area contributed by atoms with E-state index in [0.717, 1.165) is 11.3 Å². The molecule has 0 spiro atoms. The topological polar surface area (TPSA) is 24.9 Å². The highest BCUT2D eigenvalue weighted by molar-refractivity contribution is 6.30. The number of halogens is 1. The van der Waals surface area contributed by atoms with Gasteiger partial charge in [0.2, 0.25) is 0 Å². The summed E-state index contributed by atoms with van der Waals surface area (Å²) in [5.74, 6) is 0. The molecule has 3 heteroatoms. The van der Waals surface area contributed by atoms with Crippen LogP contribution in [0.4, 0.5) is 0 Å². The zero-order valence-corrected chi connectivity index (χ0v) is 8.31. The maximum absolute atomic E-state index is 5.95. The molecule has 0 bridgehead atoms. The summed E-state index contributed by atoms with van der Waals surface area (Å²) in [6.45, 7) is 3.98. The van der Waals surface area contributed by atoms with Crippen LogP contribution in [0.3, 0.4) is 0 Å². The molecule has 12 heavy (non-hydrogen) atoms. The van der Waals surface area contributed by atoms with Crippen molar-refractivity contribution in [3.63, 3.8) is 0 Å². The first-order valence-electron chi connectivity index (χ1n) is 3.95. The van der Waals surface area contributed by atoms with Crippen molar-refractivity contribution in [1.82, 2.24) is 10.3 Å². The molecule has 0 saturated carbocycles. The molecule has 1 atom stereocenters. The van der Waals surface area contributed by atoms with Crippen LogP contribution >= 0.6 is 11.6 Å². The van der Waals surface area contributed by atoms with E-state index in [0.29, 0.717) is 5.15 Å². The van der Waals surface area contributed by atoms with Crippen LogP contribution in [0, 0.1) is 6.92 Å². The fourth-order valence-electron chi connectivity index (χ4n) is 1.01. The summed E-state index contributed by atoms with van der Waals surface area (Å²) >= 11 is 5.95. The molecule has 0 aliphatic carbocycles. The van der Waals surface area contributed by atoms with Gasteiger partial charge in [-0.3, -0.25) is 0 Å². The minimum absolute atomic E-state index is 0.255. The van der Waals surface area contributed by atoms with Crippen LogP contribution in [0.2, 0.25) is 5.15 Å². The minimum atomic E-state index is 0.255. The summed E-state index contributed by atoms with van der Waals surface area (Å²) in [7, 11) is 1.90. The lowest BCUT2D eigenvalue weighted by Gasteiger charge is -2.11. The Balaban J connectivity index is 3.01. The molecule has 0 fully saturated rings. The number of nitrogens with one attached hydrogen (secondary N) is 1. The molecule has 0 unspecified atom stereocenters. The van der Waals surface area contributed by atoms with Gasteiger partial charge in [-0.25, -0.2) is 4.98 Å². The highest BCUT2D eigenvalue weighted by Gasteiger charge is 2.07. The van der Waals surface area contributed by atoms with Gasteiger partial charge < -0.3 is 5.32 Å². The van der Waals surface area contributed by atoms with E-state index in [9.17, 15) is 0 Å². The van der Waals surface area contributed by atoms with E-state index in [2.05, 4.69) is 17.2 Å². The molecule has 1 heterocycles. The number of hydrogen-bond donors (Lipinski definition) is 1. The summed E-state index contributed by atoms with van der Waals surface area (Å²) in [4.78, 5) is 4.17. The third-order valence-corrected chi connectivity index (χ3v) is 2.22. The van der Waals surface area contributed by atoms with Gasteiger partial charge in [-0.15, -0.1) is 0 Å². The molecule has 0 aliphatic heterocycles. The van der Waals surface area contributed by atoms with Gasteiger partial charge in [0.1, 0.15) is 5.15 Å². The third-order valence-electron chi connectivity index (χ3n) is 1.92. The van der Waals surface area contributed by atoms with Crippen molar-refractivity contribution < 1.29 is 0 Å². The van der Waals surface area contributed by atoms with Gasteiger partial charge in [0.15, 0.2) is 0 Å². The number of pyridine rings is 1. The van der Waals surface area contributed by atoms with Gasteiger partial charge in [-0.05, 0) is 27.0 Å². The number of hydrogen-bond acceptors (Lipinski definition) is 2. The van der Waals surface area contributed by atoms with Crippen LogP contribution in [0.15, 0.2) is 12.1 Å². The van der Waals surface area contributed by atoms with Crippen molar-refractivity contribution in [3.05, 3.63) is 28.5 Å². The molecular weight excluding hydrogens is 172 g/mol. The van der Waals surface area contributed by atoms with Gasteiger partial charge in [0, 0.05) is 17.3 Å². The van der Waals surface area contributed by atoms with Crippen molar-refractivity contribution in [2.75, 3.05) is 7.05 Å². The van der Waals surface area contributed by atoms with E-state index >= 15 is 0 Å². The first-order chi connectivity index (χ1) is 5.65. The van der Waals surface area contributed by atoms with Gasteiger partial charge in [-0.2, -0.15) is 0 Å². The maximum atomic E-state index is 5.95. The maximum Gasteiger partial charge on any atom is 0.134 e. The molecule has 66 valence electrons. The van der Waals surface area contributed by atoms with Crippen molar-refractivity contribution in [2.24, 2.45) is 0 Å². The molecule has 1 rings (SSSR count). The Labute approximate surface area is 78.0 Å².